The standard InChI is InChI=1S/C24H24N2O5/c1-25-20-7-6-17(26(28)29)13-18(20)19(24(25)27)10-15-4-8-21(30-2)23(12-15)31-22-11-14-3-5-16(22)9-14/h4,6-8,10,12-14,16,22H,3,5,9,11H2,1-2H3/b19-10+/t14-,16+,22+/m1/s1. The molecule has 160 valence electrons. The summed E-state index contributed by atoms with van der Waals surface area (Å²) < 4.78 is 11.9. The molecular formula is C24H24N2O5. The zero-order chi connectivity index (χ0) is 21.7. The lowest BCUT2D eigenvalue weighted by atomic mass is 9.97. The highest BCUT2D eigenvalue weighted by Crippen LogP contribution is 2.47. The van der Waals surface area contributed by atoms with Gasteiger partial charge in [0.25, 0.3) is 11.6 Å². The summed E-state index contributed by atoms with van der Waals surface area (Å²) in [5, 5.41) is 11.2. The van der Waals surface area contributed by atoms with Crippen molar-refractivity contribution in [3.8, 4) is 11.5 Å². The Morgan fingerprint density at radius 3 is 2.65 bits per heavy atom. The fourth-order valence-electron chi connectivity index (χ4n) is 5.23. The van der Waals surface area contributed by atoms with Crippen LogP contribution in [0.2, 0.25) is 0 Å². The molecule has 2 aliphatic carbocycles. The number of carbonyl (C=O) groups excluding carboxylic acids is 1. The van der Waals surface area contributed by atoms with E-state index in [-0.39, 0.29) is 17.7 Å². The number of rotatable bonds is 5. The number of nitro groups is 1. The molecule has 0 aromatic heterocycles. The first-order valence-electron chi connectivity index (χ1n) is 10.6. The fourth-order valence-corrected chi connectivity index (χ4v) is 5.23. The van der Waals surface area contributed by atoms with Gasteiger partial charge in [-0.25, -0.2) is 0 Å². The molecule has 1 amide bonds. The van der Waals surface area contributed by atoms with Crippen LogP contribution in [0.5, 0.6) is 11.5 Å². The molecule has 5 rings (SSSR count). The molecule has 1 aliphatic heterocycles. The van der Waals surface area contributed by atoms with Gasteiger partial charge in [0, 0.05) is 24.7 Å². The van der Waals surface area contributed by atoms with Gasteiger partial charge in [0.15, 0.2) is 11.5 Å². The molecule has 2 aromatic rings. The second kappa shape index (κ2) is 7.41. The van der Waals surface area contributed by atoms with Gasteiger partial charge in [-0.3, -0.25) is 14.9 Å². The molecule has 2 saturated carbocycles. The number of nitrogens with zero attached hydrogens (tertiary/aromatic N) is 2. The highest BCUT2D eigenvalue weighted by atomic mass is 16.6. The molecule has 2 fully saturated rings. The van der Waals surface area contributed by atoms with Gasteiger partial charge in [0.2, 0.25) is 0 Å². The highest BCUT2D eigenvalue weighted by Gasteiger charge is 2.41. The number of methoxy groups -OCH3 is 1. The molecule has 7 nitrogen and oxygen atoms in total. The first-order chi connectivity index (χ1) is 14.9. The number of hydrogen-bond acceptors (Lipinski definition) is 5. The Kier molecular flexibility index (Phi) is 4.68. The van der Waals surface area contributed by atoms with Crippen LogP contribution in [0.1, 0.15) is 36.8 Å². The van der Waals surface area contributed by atoms with Crippen molar-refractivity contribution in [3.63, 3.8) is 0 Å². The van der Waals surface area contributed by atoms with Gasteiger partial charge in [-0.2, -0.15) is 0 Å². The van der Waals surface area contributed by atoms with Gasteiger partial charge in [-0.05, 0) is 67.4 Å². The molecular weight excluding hydrogens is 396 g/mol. The predicted molar refractivity (Wildman–Crippen MR) is 117 cm³/mol. The highest BCUT2D eigenvalue weighted by molar-refractivity contribution is 6.35. The largest absolute Gasteiger partial charge is 0.493 e. The summed E-state index contributed by atoms with van der Waals surface area (Å²) in [6, 6.07) is 10.1. The molecule has 2 aromatic carbocycles. The van der Waals surface area contributed by atoms with E-state index in [1.165, 1.54) is 36.3 Å². The van der Waals surface area contributed by atoms with E-state index in [0.717, 1.165) is 17.9 Å². The Hall–Kier alpha value is -3.35. The minimum absolute atomic E-state index is 0.0391. The number of non-ortho nitro benzene ring substituents is 1. The van der Waals surface area contributed by atoms with Gasteiger partial charge in [0.1, 0.15) is 6.10 Å². The van der Waals surface area contributed by atoms with E-state index in [1.807, 2.05) is 18.2 Å². The normalized spacial score (nSPS) is 25.2. The Bertz CT molecular complexity index is 1110. The summed E-state index contributed by atoms with van der Waals surface area (Å²) in [7, 11) is 3.29. The third kappa shape index (κ3) is 3.34. The molecule has 0 saturated heterocycles. The number of fused-ring (bicyclic) bond motifs is 3. The SMILES string of the molecule is COc1ccc(/C=C2/C(=O)N(C)c3ccc([N+](=O)[O-])cc32)cc1O[C@H]1C[C@@H]2CC[C@H]1C2. The van der Waals surface area contributed by atoms with E-state index in [0.29, 0.717) is 34.2 Å². The van der Waals surface area contributed by atoms with Gasteiger partial charge < -0.3 is 14.4 Å². The number of hydrogen-bond donors (Lipinski definition) is 0. The second-order valence-corrected chi connectivity index (χ2v) is 8.62. The maximum absolute atomic E-state index is 12.9. The second-order valence-electron chi connectivity index (χ2n) is 8.62. The zero-order valence-corrected chi connectivity index (χ0v) is 17.5. The van der Waals surface area contributed by atoms with Crippen molar-refractivity contribution >= 4 is 28.9 Å². The Balaban J connectivity index is 1.50. The minimum atomic E-state index is -0.449. The summed E-state index contributed by atoms with van der Waals surface area (Å²) in [4.78, 5) is 25.1. The third-order valence-corrected chi connectivity index (χ3v) is 6.83. The van der Waals surface area contributed by atoms with E-state index < -0.39 is 4.92 Å². The van der Waals surface area contributed by atoms with Crippen molar-refractivity contribution in [3.05, 3.63) is 57.6 Å². The molecule has 2 bridgehead atoms. The van der Waals surface area contributed by atoms with Crippen molar-refractivity contribution in [2.75, 3.05) is 19.1 Å². The summed E-state index contributed by atoms with van der Waals surface area (Å²) >= 11 is 0. The lowest BCUT2D eigenvalue weighted by molar-refractivity contribution is -0.384. The van der Waals surface area contributed by atoms with Crippen molar-refractivity contribution in [2.24, 2.45) is 11.8 Å². The summed E-state index contributed by atoms with van der Waals surface area (Å²) in [5.74, 6) is 2.52. The minimum Gasteiger partial charge on any atom is -0.493 e. The zero-order valence-electron chi connectivity index (χ0n) is 17.5. The van der Waals surface area contributed by atoms with Gasteiger partial charge in [0.05, 0.1) is 23.3 Å². The number of ether oxygens (including phenoxy) is 2. The maximum Gasteiger partial charge on any atom is 0.270 e. The average molecular weight is 420 g/mol. The van der Waals surface area contributed by atoms with Gasteiger partial charge >= 0.3 is 0 Å². The van der Waals surface area contributed by atoms with E-state index in [2.05, 4.69) is 0 Å². The van der Waals surface area contributed by atoms with E-state index in [9.17, 15) is 14.9 Å². The maximum atomic E-state index is 12.9. The lowest BCUT2D eigenvalue weighted by Crippen LogP contribution is -2.23. The lowest BCUT2D eigenvalue weighted by Gasteiger charge is -2.24. The van der Waals surface area contributed by atoms with Crippen molar-refractivity contribution < 1.29 is 19.2 Å². The number of amides is 1. The van der Waals surface area contributed by atoms with Crippen LogP contribution in [0.4, 0.5) is 11.4 Å². The summed E-state index contributed by atoms with van der Waals surface area (Å²) in [6.45, 7) is 0. The fraction of sp³-hybridized carbons (Fsp3) is 0.375. The predicted octanol–water partition coefficient (Wildman–Crippen LogP) is 4.69. The van der Waals surface area contributed by atoms with Crippen LogP contribution in [0.3, 0.4) is 0 Å². The topological polar surface area (TPSA) is 81.9 Å². The number of benzene rings is 2. The van der Waals surface area contributed by atoms with Crippen LogP contribution < -0.4 is 14.4 Å². The quantitative estimate of drug-likeness (QED) is 0.398. The number of carbonyl (C=O) groups is 1. The number of likely N-dealkylation sites (N-methyl/N-ethyl adjacent to an activating group) is 1. The van der Waals surface area contributed by atoms with Crippen molar-refractivity contribution in [1.82, 2.24) is 0 Å². The van der Waals surface area contributed by atoms with Gasteiger partial charge in [-0.1, -0.05) is 6.07 Å². The van der Waals surface area contributed by atoms with Crippen molar-refractivity contribution in [2.45, 2.75) is 31.8 Å². The van der Waals surface area contributed by atoms with Gasteiger partial charge in [-0.15, -0.1) is 0 Å². The molecule has 1 heterocycles. The first kappa shape index (κ1) is 19.6. The van der Waals surface area contributed by atoms with E-state index in [1.54, 1.807) is 26.3 Å². The van der Waals surface area contributed by atoms with Crippen LogP contribution in [0.15, 0.2) is 36.4 Å². The van der Waals surface area contributed by atoms with Crippen LogP contribution in [-0.4, -0.2) is 31.1 Å². The van der Waals surface area contributed by atoms with Crippen LogP contribution in [0, 0.1) is 22.0 Å². The number of anilines is 1. The molecule has 31 heavy (non-hydrogen) atoms. The molecule has 3 aliphatic rings. The smallest absolute Gasteiger partial charge is 0.270 e. The number of nitro benzene ring substituents is 1. The van der Waals surface area contributed by atoms with Crippen molar-refractivity contribution in [1.29, 1.82) is 0 Å². The molecule has 0 N–H and O–H groups in total. The Morgan fingerprint density at radius 2 is 1.97 bits per heavy atom. The van der Waals surface area contributed by atoms with Crippen LogP contribution >= 0.6 is 0 Å². The average Bonchev–Trinajstić information content (AvgIpc) is 3.44. The first-order valence-corrected chi connectivity index (χ1v) is 10.6. The molecule has 0 unspecified atom stereocenters. The van der Waals surface area contributed by atoms with Crippen LogP contribution in [-0.2, 0) is 4.79 Å². The summed E-state index contributed by atoms with van der Waals surface area (Å²) in [6.07, 6.45) is 6.82. The molecule has 7 heteroatoms. The van der Waals surface area contributed by atoms with Crippen LogP contribution in [0.25, 0.3) is 11.6 Å². The Morgan fingerprint density at radius 1 is 1.13 bits per heavy atom. The molecule has 0 radical (unpaired) electrons. The van der Waals surface area contributed by atoms with E-state index in [4.69, 9.17) is 9.47 Å². The molecule has 3 atom stereocenters. The third-order valence-electron chi connectivity index (χ3n) is 6.83. The molecule has 0 spiro atoms. The Labute approximate surface area is 180 Å². The van der Waals surface area contributed by atoms with E-state index >= 15 is 0 Å². The monoisotopic (exact) mass is 420 g/mol. The summed E-state index contributed by atoms with van der Waals surface area (Å²) in [5.41, 5.74) is 2.40.